The third kappa shape index (κ3) is 4.30. The van der Waals surface area contributed by atoms with Crippen molar-refractivity contribution in [3.8, 4) is 5.75 Å². The lowest BCUT2D eigenvalue weighted by Gasteiger charge is -2.50. The predicted octanol–water partition coefficient (Wildman–Crippen LogP) is 2.35. The monoisotopic (exact) mass is 356 g/mol. The third-order valence-corrected chi connectivity index (χ3v) is 5.19. The van der Waals surface area contributed by atoms with E-state index in [1.54, 1.807) is 25.1 Å². The number of esters is 1. The largest absolute Gasteiger partial charge is 0.490 e. The number of rotatable bonds is 6. The summed E-state index contributed by atoms with van der Waals surface area (Å²) >= 11 is 0. The first-order valence-corrected chi connectivity index (χ1v) is 9.07. The maximum absolute atomic E-state index is 11.9. The number of aliphatic hydroxyl groups is 1. The number of hydrogen-bond acceptors (Lipinski definition) is 5. The first-order chi connectivity index (χ1) is 12.1. The van der Waals surface area contributed by atoms with Crippen molar-refractivity contribution in [1.82, 2.24) is 4.90 Å². The SMILES string of the molecule is C/C=C/c1cc(C(=O)OCC)ccc1OCC1(O)CN2CCC1CC2.[B]. The molecule has 4 rings (SSSR count). The number of piperidine rings is 3. The van der Waals surface area contributed by atoms with Gasteiger partial charge in [-0.05, 0) is 63.9 Å². The number of fused-ring (bicyclic) bond motifs is 3. The first-order valence-electron chi connectivity index (χ1n) is 9.07. The van der Waals surface area contributed by atoms with Gasteiger partial charge in [-0.3, -0.25) is 0 Å². The van der Waals surface area contributed by atoms with E-state index < -0.39 is 5.60 Å². The zero-order valence-electron chi connectivity index (χ0n) is 15.6. The molecule has 3 saturated heterocycles. The van der Waals surface area contributed by atoms with Gasteiger partial charge in [0.15, 0.2) is 0 Å². The maximum Gasteiger partial charge on any atom is 0.338 e. The number of allylic oxidation sites excluding steroid dienone is 1. The van der Waals surface area contributed by atoms with Crippen molar-refractivity contribution in [2.45, 2.75) is 32.3 Å². The highest BCUT2D eigenvalue weighted by atomic mass is 16.5. The number of benzene rings is 1. The minimum atomic E-state index is -0.788. The van der Waals surface area contributed by atoms with Crippen LogP contribution in [0.25, 0.3) is 6.08 Å². The molecule has 1 unspecified atom stereocenters. The van der Waals surface area contributed by atoms with Crippen LogP contribution in [0.2, 0.25) is 0 Å². The summed E-state index contributed by atoms with van der Waals surface area (Å²) in [4.78, 5) is 14.2. The lowest BCUT2D eigenvalue weighted by atomic mass is 9.76. The average Bonchev–Trinajstić information content (AvgIpc) is 2.62. The molecule has 5 nitrogen and oxygen atoms in total. The Morgan fingerprint density at radius 1 is 1.38 bits per heavy atom. The summed E-state index contributed by atoms with van der Waals surface area (Å²) in [6.07, 6.45) is 5.87. The summed E-state index contributed by atoms with van der Waals surface area (Å²) in [6.45, 7) is 7.16. The lowest BCUT2D eigenvalue weighted by Crippen LogP contribution is -2.61. The van der Waals surface area contributed by atoms with E-state index in [-0.39, 0.29) is 21.0 Å². The standard InChI is InChI=1S/C20H27NO4.B/c1-3-5-15-12-16(19(22)24-4-2)6-7-18(15)25-14-20(23)13-21-10-8-17(20)9-11-21;/h3,5-7,12,17,23H,4,8-11,13-14H2,1-2H3;/b5-3+;. The molecule has 3 aliphatic heterocycles. The predicted molar refractivity (Wildman–Crippen MR) is 102 cm³/mol. The van der Waals surface area contributed by atoms with Gasteiger partial charge in [0.05, 0.1) is 12.2 Å². The van der Waals surface area contributed by atoms with Crippen molar-refractivity contribution in [2.24, 2.45) is 5.92 Å². The summed E-state index contributed by atoms with van der Waals surface area (Å²) < 4.78 is 11.1. The molecular weight excluding hydrogens is 329 g/mol. The van der Waals surface area contributed by atoms with Gasteiger partial charge < -0.3 is 19.5 Å². The minimum Gasteiger partial charge on any atom is -0.490 e. The maximum atomic E-state index is 11.9. The van der Waals surface area contributed by atoms with Crippen LogP contribution in [0.1, 0.15) is 42.6 Å². The Hall–Kier alpha value is -1.79. The molecule has 2 bridgehead atoms. The molecule has 1 atom stereocenters. The molecule has 1 aromatic carbocycles. The Morgan fingerprint density at radius 3 is 2.69 bits per heavy atom. The number of ether oxygens (including phenoxy) is 2. The Balaban J connectivity index is 0.00000243. The molecular formula is C20H27BNO4. The van der Waals surface area contributed by atoms with Crippen molar-refractivity contribution in [1.29, 1.82) is 0 Å². The fourth-order valence-electron chi connectivity index (χ4n) is 3.84. The zero-order chi connectivity index (χ0) is 17.9. The van der Waals surface area contributed by atoms with Gasteiger partial charge in [0.1, 0.15) is 18.0 Å². The van der Waals surface area contributed by atoms with E-state index in [2.05, 4.69) is 4.90 Å². The van der Waals surface area contributed by atoms with Gasteiger partial charge in [0.2, 0.25) is 0 Å². The second-order valence-electron chi connectivity index (χ2n) is 6.92. The van der Waals surface area contributed by atoms with Crippen molar-refractivity contribution in [2.75, 3.05) is 32.8 Å². The van der Waals surface area contributed by atoms with Gasteiger partial charge in [-0.1, -0.05) is 12.2 Å². The topological polar surface area (TPSA) is 59.0 Å². The lowest BCUT2D eigenvalue weighted by molar-refractivity contribution is -0.131. The minimum absolute atomic E-state index is 0. The van der Waals surface area contributed by atoms with Gasteiger partial charge in [-0.25, -0.2) is 4.79 Å². The van der Waals surface area contributed by atoms with Crippen molar-refractivity contribution >= 4 is 20.5 Å². The highest BCUT2D eigenvalue weighted by Gasteiger charge is 2.46. The molecule has 1 N–H and O–H groups in total. The van der Waals surface area contributed by atoms with Crippen LogP contribution in [-0.2, 0) is 4.74 Å². The number of carbonyl (C=O) groups excluding carboxylic acids is 1. The summed E-state index contributed by atoms with van der Waals surface area (Å²) in [5.41, 5.74) is 0.533. The molecule has 0 saturated carbocycles. The summed E-state index contributed by atoms with van der Waals surface area (Å²) in [7, 11) is 0. The first kappa shape index (κ1) is 20.5. The van der Waals surface area contributed by atoms with E-state index in [0.717, 1.165) is 31.5 Å². The van der Waals surface area contributed by atoms with Gasteiger partial charge in [0.25, 0.3) is 0 Å². The summed E-state index contributed by atoms with van der Waals surface area (Å²) in [5.74, 6) is 0.647. The second-order valence-corrected chi connectivity index (χ2v) is 6.92. The molecule has 0 spiro atoms. The number of carbonyl (C=O) groups is 1. The van der Waals surface area contributed by atoms with Crippen molar-refractivity contribution < 1.29 is 19.4 Å². The number of hydrogen-bond donors (Lipinski definition) is 1. The van der Waals surface area contributed by atoms with E-state index in [4.69, 9.17) is 9.47 Å². The summed E-state index contributed by atoms with van der Waals surface area (Å²) in [6, 6.07) is 5.26. The molecule has 1 aromatic rings. The summed E-state index contributed by atoms with van der Waals surface area (Å²) in [5, 5.41) is 11.0. The molecule has 3 radical (unpaired) electrons. The van der Waals surface area contributed by atoms with Crippen LogP contribution < -0.4 is 4.74 Å². The van der Waals surface area contributed by atoms with Crippen LogP contribution in [0.4, 0.5) is 0 Å². The van der Waals surface area contributed by atoms with Gasteiger partial charge in [-0.15, -0.1) is 0 Å². The molecule has 3 fully saturated rings. The van der Waals surface area contributed by atoms with E-state index in [9.17, 15) is 9.90 Å². The van der Waals surface area contributed by atoms with Crippen LogP contribution in [0, 0.1) is 5.92 Å². The van der Waals surface area contributed by atoms with E-state index in [1.165, 1.54) is 0 Å². The third-order valence-electron chi connectivity index (χ3n) is 5.19. The van der Waals surface area contributed by atoms with E-state index >= 15 is 0 Å². The smallest absolute Gasteiger partial charge is 0.338 e. The molecule has 0 aromatic heterocycles. The highest BCUT2D eigenvalue weighted by molar-refractivity contribution is 5.90. The normalized spacial score (nSPS) is 27.2. The van der Waals surface area contributed by atoms with E-state index in [1.807, 2.05) is 19.1 Å². The van der Waals surface area contributed by atoms with Crippen LogP contribution in [0.5, 0.6) is 5.75 Å². The fourth-order valence-corrected chi connectivity index (χ4v) is 3.84. The zero-order valence-corrected chi connectivity index (χ0v) is 15.6. The van der Waals surface area contributed by atoms with Crippen molar-refractivity contribution in [3.05, 3.63) is 35.4 Å². The molecule has 0 aliphatic carbocycles. The van der Waals surface area contributed by atoms with Crippen LogP contribution in [0.3, 0.4) is 0 Å². The Kier molecular flexibility index (Phi) is 6.90. The van der Waals surface area contributed by atoms with Gasteiger partial charge >= 0.3 is 5.97 Å². The van der Waals surface area contributed by atoms with Gasteiger partial charge in [-0.2, -0.15) is 0 Å². The quantitative estimate of drug-likeness (QED) is 0.626. The van der Waals surface area contributed by atoms with Crippen LogP contribution in [0.15, 0.2) is 24.3 Å². The second kappa shape index (κ2) is 8.74. The molecule has 26 heavy (non-hydrogen) atoms. The van der Waals surface area contributed by atoms with Gasteiger partial charge in [0, 0.05) is 20.5 Å². The molecule has 3 aliphatic rings. The molecule has 6 heteroatoms. The Bertz CT molecular complexity index is 655. The fraction of sp³-hybridized carbons (Fsp3) is 0.550. The average molecular weight is 356 g/mol. The Labute approximate surface area is 157 Å². The van der Waals surface area contributed by atoms with Crippen LogP contribution in [-0.4, -0.2) is 62.8 Å². The highest BCUT2D eigenvalue weighted by Crippen LogP contribution is 2.36. The van der Waals surface area contributed by atoms with Crippen molar-refractivity contribution in [3.63, 3.8) is 0 Å². The number of nitrogens with zero attached hydrogens (tertiary/aromatic N) is 1. The molecule has 139 valence electrons. The molecule has 3 heterocycles. The Morgan fingerprint density at radius 2 is 2.12 bits per heavy atom. The molecule has 0 amide bonds. The van der Waals surface area contributed by atoms with Crippen LogP contribution >= 0.6 is 0 Å². The van der Waals surface area contributed by atoms with E-state index in [0.29, 0.717) is 30.4 Å².